The molecule has 11 rings (SSSR count). The molecule has 0 saturated carbocycles. The molecule has 0 aliphatic carbocycles. The van der Waals surface area contributed by atoms with Gasteiger partial charge >= 0.3 is 0 Å². The third-order valence-electron chi connectivity index (χ3n) is 10.5. The van der Waals surface area contributed by atoms with E-state index in [1.165, 1.54) is 80.5 Å². The van der Waals surface area contributed by atoms with Crippen molar-refractivity contribution < 1.29 is 0 Å². The number of aromatic nitrogens is 1. The summed E-state index contributed by atoms with van der Waals surface area (Å²) in [6.07, 6.45) is 0. The Morgan fingerprint density at radius 2 is 0.843 bits per heavy atom. The maximum Gasteiger partial charge on any atom is 0.0620 e. The highest BCUT2D eigenvalue weighted by Crippen LogP contribution is 2.44. The van der Waals surface area contributed by atoms with Crippen molar-refractivity contribution in [1.29, 1.82) is 0 Å². The van der Waals surface area contributed by atoms with Crippen LogP contribution in [-0.4, -0.2) is 4.40 Å². The van der Waals surface area contributed by atoms with Gasteiger partial charge in [0.1, 0.15) is 0 Å². The first-order chi connectivity index (χ1) is 25.3. The van der Waals surface area contributed by atoms with Gasteiger partial charge in [0, 0.05) is 58.8 Å². The predicted molar refractivity (Wildman–Crippen MR) is 220 cm³/mol. The Labute approximate surface area is 299 Å². The van der Waals surface area contributed by atoms with E-state index in [9.17, 15) is 0 Å². The lowest BCUT2D eigenvalue weighted by molar-refractivity contribution is 1.29. The average molecular weight is 667 g/mol. The Morgan fingerprint density at radius 3 is 1.61 bits per heavy atom. The van der Waals surface area contributed by atoms with Gasteiger partial charge in [0.15, 0.2) is 0 Å². The maximum absolute atomic E-state index is 2.45. The molecule has 0 amide bonds. The number of thiophene rings is 1. The summed E-state index contributed by atoms with van der Waals surface area (Å²) in [6.45, 7) is 0. The van der Waals surface area contributed by atoms with E-state index in [2.05, 4.69) is 191 Å². The van der Waals surface area contributed by atoms with Gasteiger partial charge in [0.2, 0.25) is 0 Å². The van der Waals surface area contributed by atoms with E-state index < -0.39 is 0 Å². The Balaban J connectivity index is 1.07. The zero-order chi connectivity index (χ0) is 33.5. The Morgan fingerprint density at radius 1 is 0.333 bits per heavy atom. The zero-order valence-electron chi connectivity index (χ0n) is 27.6. The zero-order valence-corrected chi connectivity index (χ0v) is 28.4. The van der Waals surface area contributed by atoms with Gasteiger partial charge in [-0.2, -0.15) is 0 Å². The summed E-state index contributed by atoms with van der Waals surface area (Å²) >= 11 is 1.86. The van der Waals surface area contributed by atoms with Crippen molar-refractivity contribution >= 4 is 86.7 Å². The van der Waals surface area contributed by atoms with Crippen LogP contribution in [0.1, 0.15) is 0 Å². The van der Waals surface area contributed by atoms with E-state index in [0.29, 0.717) is 0 Å². The van der Waals surface area contributed by atoms with Crippen LogP contribution in [-0.2, 0) is 0 Å². The minimum Gasteiger partial charge on any atom is -0.310 e. The first-order valence-electron chi connectivity index (χ1n) is 17.4. The fourth-order valence-electron chi connectivity index (χ4n) is 8.15. The molecule has 51 heavy (non-hydrogen) atoms. The van der Waals surface area contributed by atoms with E-state index >= 15 is 0 Å². The van der Waals surface area contributed by atoms with E-state index in [1.807, 2.05) is 11.3 Å². The van der Waals surface area contributed by atoms with E-state index in [4.69, 9.17) is 0 Å². The molecule has 2 nitrogen and oxygen atoms in total. The summed E-state index contributed by atoms with van der Waals surface area (Å²) in [4.78, 5) is 2.42. The first kappa shape index (κ1) is 28.4. The predicted octanol–water partition coefficient (Wildman–Crippen LogP) is 14.0. The van der Waals surface area contributed by atoms with Crippen LogP contribution in [0.2, 0.25) is 0 Å². The third-order valence-corrected chi connectivity index (χ3v) is 11.7. The summed E-state index contributed by atoms with van der Waals surface area (Å²) in [5.74, 6) is 0. The average Bonchev–Trinajstić information content (AvgIpc) is 3.86. The fourth-order valence-corrected chi connectivity index (χ4v) is 9.24. The van der Waals surface area contributed by atoms with Gasteiger partial charge < -0.3 is 9.30 Å². The molecule has 0 fully saturated rings. The maximum atomic E-state index is 2.45. The largest absolute Gasteiger partial charge is 0.310 e. The number of fused-ring (bicyclic) bond motifs is 9. The molecule has 238 valence electrons. The van der Waals surface area contributed by atoms with Crippen LogP contribution in [0.5, 0.6) is 0 Å². The molecule has 3 heterocycles. The first-order valence-corrected chi connectivity index (χ1v) is 18.2. The van der Waals surface area contributed by atoms with Crippen LogP contribution < -0.4 is 4.90 Å². The van der Waals surface area contributed by atoms with Gasteiger partial charge in [0.05, 0.1) is 16.6 Å². The second-order valence-electron chi connectivity index (χ2n) is 13.4. The standard InChI is InChI=1S/C48H30N2S/c1-2-9-31(10-3-1)32-17-19-33(20-18-32)34-21-23-35(24-22-34)49(37-26-28-47-43(30-37)39-12-5-7-16-46(39)51-47)36-25-27-45-42(29-36)41-14-8-13-40-38-11-4-6-15-44(38)50(45)48(40)41/h1-30H. The van der Waals surface area contributed by atoms with E-state index in [1.54, 1.807) is 0 Å². The van der Waals surface area contributed by atoms with Gasteiger partial charge in [-0.25, -0.2) is 0 Å². The number of hydrogen-bond donors (Lipinski definition) is 0. The Kier molecular flexibility index (Phi) is 6.16. The van der Waals surface area contributed by atoms with Crippen molar-refractivity contribution in [2.75, 3.05) is 4.90 Å². The van der Waals surface area contributed by atoms with Crippen LogP contribution in [0.4, 0.5) is 17.1 Å². The van der Waals surface area contributed by atoms with Gasteiger partial charge in [-0.1, -0.05) is 121 Å². The normalized spacial score (nSPS) is 11.9. The molecule has 0 N–H and O–H groups in total. The highest BCUT2D eigenvalue weighted by atomic mass is 32.1. The molecular weight excluding hydrogens is 637 g/mol. The molecule has 0 saturated heterocycles. The van der Waals surface area contributed by atoms with Crippen molar-refractivity contribution in [2.45, 2.75) is 0 Å². The van der Waals surface area contributed by atoms with Crippen molar-refractivity contribution in [3.8, 4) is 22.3 Å². The molecule has 3 aromatic heterocycles. The van der Waals surface area contributed by atoms with Crippen molar-refractivity contribution in [2.24, 2.45) is 0 Å². The number of benzene rings is 8. The molecular formula is C48H30N2S. The quantitative estimate of drug-likeness (QED) is 0.177. The van der Waals surface area contributed by atoms with Crippen LogP contribution in [0.25, 0.3) is 80.5 Å². The molecule has 11 aromatic rings. The highest BCUT2D eigenvalue weighted by molar-refractivity contribution is 7.25. The summed E-state index contributed by atoms with van der Waals surface area (Å²) in [7, 11) is 0. The van der Waals surface area contributed by atoms with Crippen molar-refractivity contribution in [3.63, 3.8) is 0 Å². The van der Waals surface area contributed by atoms with Crippen molar-refractivity contribution in [1.82, 2.24) is 4.40 Å². The molecule has 0 radical (unpaired) electrons. The molecule has 0 spiro atoms. The van der Waals surface area contributed by atoms with Crippen molar-refractivity contribution in [3.05, 3.63) is 182 Å². The topological polar surface area (TPSA) is 7.65 Å². The minimum atomic E-state index is 1.12. The number of anilines is 3. The molecule has 0 bridgehead atoms. The third kappa shape index (κ3) is 4.35. The molecule has 3 heteroatoms. The molecule has 0 aliphatic rings. The van der Waals surface area contributed by atoms with Crippen LogP contribution in [0, 0.1) is 0 Å². The van der Waals surface area contributed by atoms with Crippen LogP contribution in [0.15, 0.2) is 182 Å². The summed E-state index contributed by atoms with van der Waals surface area (Å²) in [5.41, 5.74) is 12.1. The summed E-state index contributed by atoms with van der Waals surface area (Å²) < 4.78 is 5.07. The Bertz CT molecular complexity index is 3060. The minimum absolute atomic E-state index is 1.12. The molecule has 0 atom stereocenters. The highest BCUT2D eigenvalue weighted by Gasteiger charge is 2.20. The number of rotatable bonds is 5. The second-order valence-corrected chi connectivity index (χ2v) is 14.4. The molecule has 0 aliphatic heterocycles. The monoisotopic (exact) mass is 666 g/mol. The molecule has 8 aromatic carbocycles. The second kappa shape index (κ2) is 11.0. The van der Waals surface area contributed by atoms with E-state index in [-0.39, 0.29) is 0 Å². The van der Waals surface area contributed by atoms with Gasteiger partial charge in [0.25, 0.3) is 0 Å². The van der Waals surface area contributed by atoms with Gasteiger partial charge in [-0.3, -0.25) is 0 Å². The van der Waals surface area contributed by atoms with E-state index in [0.717, 1.165) is 17.1 Å². The van der Waals surface area contributed by atoms with Crippen LogP contribution >= 0.6 is 11.3 Å². The molecule has 0 unspecified atom stereocenters. The van der Waals surface area contributed by atoms with Crippen LogP contribution in [0.3, 0.4) is 0 Å². The number of hydrogen-bond acceptors (Lipinski definition) is 2. The lowest BCUT2D eigenvalue weighted by atomic mass is 10.00. The number of nitrogens with zero attached hydrogens (tertiary/aromatic N) is 2. The van der Waals surface area contributed by atoms with Gasteiger partial charge in [-0.05, 0) is 82.9 Å². The number of para-hydroxylation sites is 2. The smallest absolute Gasteiger partial charge is 0.0620 e. The Hall–Kier alpha value is -6.42. The summed E-state index contributed by atoms with van der Waals surface area (Å²) in [6, 6.07) is 66.7. The lowest BCUT2D eigenvalue weighted by Crippen LogP contribution is -2.09. The van der Waals surface area contributed by atoms with Gasteiger partial charge in [-0.15, -0.1) is 11.3 Å². The lowest BCUT2D eigenvalue weighted by Gasteiger charge is -2.26. The SMILES string of the molecule is c1ccc(-c2ccc(-c3ccc(N(c4ccc5sc6ccccc6c5c4)c4ccc5c(c4)c4cccc6c7ccccc7n5c64)cc3)cc2)cc1. The fraction of sp³-hybridized carbons (Fsp3) is 0. The summed E-state index contributed by atoms with van der Waals surface area (Å²) in [5, 5.41) is 7.76.